The maximum absolute atomic E-state index is 14.2. The molecule has 4 N–H and O–H groups in total. The Balaban J connectivity index is 1.81. The first-order valence-corrected chi connectivity index (χ1v) is 8.53. The molecular formula is C16H13F3N6O2S. The Labute approximate surface area is 160 Å². The van der Waals surface area contributed by atoms with Gasteiger partial charge in [0.25, 0.3) is 11.8 Å². The topological polar surface area (TPSA) is 115 Å². The molecular weight excluding hydrogens is 397 g/mol. The van der Waals surface area contributed by atoms with Crippen molar-refractivity contribution in [2.24, 2.45) is 0 Å². The molecule has 3 aromatic rings. The molecule has 28 heavy (non-hydrogen) atoms. The summed E-state index contributed by atoms with van der Waals surface area (Å²) in [6.07, 6.45) is 2.26. The van der Waals surface area contributed by atoms with Gasteiger partial charge in [0.05, 0.1) is 11.8 Å². The summed E-state index contributed by atoms with van der Waals surface area (Å²) in [7, 11) is 0. The number of halogens is 3. The Morgan fingerprint density at radius 3 is 2.61 bits per heavy atom. The highest BCUT2D eigenvalue weighted by molar-refractivity contribution is 7.17. The first kappa shape index (κ1) is 19.4. The number of aromatic nitrogens is 3. The van der Waals surface area contributed by atoms with Crippen molar-refractivity contribution in [3.05, 3.63) is 52.4 Å². The van der Waals surface area contributed by atoms with Crippen LogP contribution in [0.1, 0.15) is 32.1 Å². The Morgan fingerprint density at radius 2 is 2.00 bits per heavy atom. The Kier molecular flexibility index (Phi) is 5.31. The van der Waals surface area contributed by atoms with Crippen molar-refractivity contribution in [3.63, 3.8) is 0 Å². The van der Waals surface area contributed by atoms with Crippen molar-refractivity contribution < 1.29 is 22.8 Å². The van der Waals surface area contributed by atoms with E-state index in [1.807, 2.05) is 0 Å². The van der Waals surface area contributed by atoms with E-state index in [1.165, 1.54) is 6.20 Å². The summed E-state index contributed by atoms with van der Waals surface area (Å²) in [5.41, 5.74) is 5.67. The number of carbonyl (C=O) groups excluding carboxylic acids is 2. The zero-order chi connectivity index (χ0) is 20.4. The van der Waals surface area contributed by atoms with Crippen molar-refractivity contribution in [2.75, 3.05) is 16.4 Å². The number of alkyl halides is 2. The molecule has 0 atom stereocenters. The normalized spacial score (nSPS) is 10.9. The van der Waals surface area contributed by atoms with E-state index in [-0.39, 0.29) is 21.5 Å². The zero-order valence-electron chi connectivity index (χ0n) is 14.2. The zero-order valence-corrected chi connectivity index (χ0v) is 15.1. The number of carbonyl (C=O) groups is 2. The molecule has 0 bridgehead atoms. The second-order valence-corrected chi connectivity index (χ2v) is 6.64. The molecule has 0 aliphatic rings. The smallest absolute Gasteiger partial charge is 0.333 e. The van der Waals surface area contributed by atoms with Crippen LogP contribution in [0.2, 0.25) is 0 Å². The third-order valence-electron chi connectivity index (χ3n) is 3.60. The molecule has 0 saturated heterocycles. The van der Waals surface area contributed by atoms with Crippen LogP contribution in [0.15, 0.2) is 30.6 Å². The van der Waals surface area contributed by atoms with E-state index in [4.69, 9.17) is 5.73 Å². The second kappa shape index (κ2) is 7.68. The number of nitrogens with zero attached hydrogens (tertiary/aromatic N) is 3. The molecule has 0 fully saturated rings. The molecule has 3 rings (SSSR count). The molecule has 1 aromatic carbocycles. The number of nitrogen functional groups attached to an aromatic ring is 1. The lowest BCUT2D eigenvalue weighted by atomic mass is 10.1. The van der Waals surface area contributed by atoms with Crippen molar-refractivity contribution in [3.8, 4) is 0 Å². The summed E-state index contributed by atoms with van der Waals surface area (Å²) < 4.78 is 39.7. The number of amides is 2. The highest BCUT2D eigenvalue weighted by atomic mass is 32.1. The summed E-state index contributed by atoms with van der Waals surface area (Å²) in [6.45, 7) is -1.32. The molecule has 0 spiro atoms. The molecule has 2 amide bonds. The fourth-order valence-electron chi connectivity index (χ4n) is 2.25. The maximum Gasteiger partial charge on any atom is 0.333 e. The average molecular weight is 410 g/mol. The number of nitrogens with one attached hydrogen (secondary N) is 2. The first-order valence-electron chi connectivity index (χ1n) is 7.72. The lowest BCUT2D eigenvalue weighted by molar-refractivity contribution is 0.0568. The summed E-state index contributed by atoms with van der Waals surface area (Å²) in [5.74, 6) is -2.44. The Morgan fingerprint density at radius 1 is 1.25 bits per heavy atom. The monoisotopic (exact) mass is 410 g/mol. The molecule has 146 valence electrons. The highest BCUT2D eigenvalue weighted by Crippen LogP contribution is 2.23. The van der Waals surface area contributed by atoms with Crippen LogP contribution < -0.4 is 16.4 Å². The molecule has 12 heteroatoms. The fraction of sp³-hybridized carbons (Fsp3) is 0.125. The Hall–Kier alpha value is -3.41. The minimum absolute atomic E-state index is 0.170. The van der Waals surface area contributed by atoms with Gasteiger partial charge < -0.3 is 16.4 Å². The van der Waals surface area contributed by atoms with E-state index < -0.39 is 29.7 Å². The predicted molar refractivity (Wildman–Crippen MR) is 97.0 cm³/mol. The fourth-order valence-corrected chi connectivity index (χ4v) is 2.83. The number of nitrogens with two attached hydrogens (primary N) is 1. The van der Waals surface area contributed by atoms with E-state index in [0.717, 1.165) is 35.7 Å². The van der Waals surface area contributed by atoms with Crippen LogP contribution in [0.4, 0.5) is 29.8 Å². The largest absolute Gasteiger partial charge is 0.375 e. The molecule has 2 heterocycles. The van der Waals surface area contributed by atoms with Gasteiger partial charge in [0.15, 0.2) is 10.9 Å². The van der Waals surface area contributed by atoms with Crippen LogP contribution in [0, 0.1) is 12.7 Å². The summed E-state index contributed by atoms with van der Waals surface area (Å²) in [6, 6.07) is 3.36. The van der Waals surface area contributed by atoms with Gasteiger partial charge >= 0.3 is 6.55 Å². The van der Waals surface area contributed by atoms with Gasteiger partial charge in [-0.15, -0.1) is 0 Å². The van der Waals surface area contributed by atoms with E-state index in [9.17, 15) is 22.8 Å². The number of benzene rings is 1. The second-order valence-electron chi connectivity index (χ2n) is 5.58. The minimum atomic E-state index is -2.87. The molecule has 0 radical (unpaired) electrons. The van der Waals surface area contributed by atoms with Gasteiger partial charge in [0.2, 0.25) is 0 Å². The van der Waals surface area contributed by atoms with Crippen LogP contribution in [0.25, 0.3) is 0 Å². The van der Waals surface area contributed by atoms with E-state index in [1.54, 1.807) is 6.92 Å². The number of rotatable bonds is 5. The molecule has 0 unspecified atom stereocenters. The van der Waals surface area contributed by atoms with Gasteiger partial charge in [-0.1, -0.05) is 11.3 Å². The molecule has 0 aliphatic carbocycles. The van der Waals surface area contributed by atoms with Crippen molar-refractivity contribution in [2.45, 2.75) is 13.5 Å². The number of anilines is 3. The number of hydrogen-bond donors (Lipinski definition) is 3. The molecule has 0 saturated carbocycles. The van der Waals surface area contributed by atoms with Crippen LogP contribution in [0.5, 0.6) is 0 Å². The van der Waals surface area contributed by atoms with Gasteiger partial charge in [-0.25, -0.2) is 14.1 Å². The van der Waals surface area contributed by atoms with E-state index >= 15 is 0 Å². The first-order chi connectivity index (χ1) is 13.2. The van der Waals surface area contributed by atoms with Crippen LogP contribution in [-0.2, 0) is 0 Å². The lowest BCUT2D eigenvalue weighted by Crippen LogP contribution is -2.17. The Bertz CT molecular complexity index is 1050. The average Bonchev–Trinajstić information content (AvgIpc) is 3.26. The van der Waals surface area contributed by atoms with Gasteiger partial charge in [0, 0.05) is 18.0 Å². The number of thiazole rings is 1. The van der Waals surface area contributed by atoms with Crippen LogP contribution >= 0.6 is 11.3 Å². The summed E-state index contributed by atoms with van der Waals surface area (Å²) >= 11 is 0.970. The SMILES string of the molecule is Cc1cc(F)c(C(=O)Nc2ccn(C(F)F)n2)cc1NC(=O)c1cnc(N)s1. The van der Waals surface area contributed by atoms with Crippen molar-refractivity contribution >= 4 is 39.8 Å². The van der Waals surface area contributed by atoms with Gasteiger partial charge in [0.1, 0.15) is 10.7 Å². The van der Waals surface area contributed by atoms with Gasteiger partial charge in [-0.05, 0) is 24.6 Å². The summed E-state index contributed by atoms with van der Waals surface area (Å²) in [4.78, 5) is 28.6. The minimum Gasteiger partial charge on any atom is -0.375 e. The summed E-state index contributed by atoms with van der Waals surface area (Å²) in [5, 5.41) is 8.46. The van der Waals surface area contributed by atoms with Gasteiger partial charge in [-0.2, -0.15) is 13.9 Å². The highest BCUT2D eigenvalue weighted by Gasteiger charge is 2.18. The maximum atomic E-state index is 14.2. The molecule has 0 aliphatic heterocycles. The van der Waals surface area contributed by atoms with Crippen LogP contribution in [0.3, 0.4) is 0 Å². The molecule has 8 nitrogen and oxygen atoms in total. The van der Waals surface area contributed by atoms with E-state index in [2.05, 4.69) is 20.7 Å². The lowest BCUT2D eigenvalue weighted by Gasteiger charge is -2.11. The van der Waals surface area contributed by atoms with Crippen molar-refractivity contribution in [1.82, 2.24) is 14.8 Å². The van der Waals surface area contributed by atoms with Gasteiger partial charge in [-0.3, -0.25) is 9.59 Å². The van der Waals surface area contributed by atoms with E-state index in [0.29, 0.717) is 10.2 Å². The third-order valence-corrected chi connectivity index (χ3v) is 4.43. The third kappa shape index (κ3) is 4.11. The number of aryl methyl sites for hydroxylation is 1. The molecule has 2 aromatic heterocycles. The van der Waals surface area contributed by atoms with Crippen molar-refractivity contribution in [1.29, 1.82) is 0 Å². The quantitative estimate of drug-likeness (QED) is 0.597. The number of hydrogen-bond acceptors (Lipinski definition) is 6. The predicted octanol–water partition coefficient (Wildman–Crippen LogP) is 3.27. The van der Waals surface area contributed by atoms with Crippen LogP contribution in [-0.4, -0.2) is 26.6 Å². The standard InChI is InChI=1S/C16H13F3N6O2S/c1-7-4-9(17)8(13(26)23-12-2-3-25(24-12)15(18)19)5-10(7)22-14(27)11-6-21-16(20)28-11/h2-6,15H,1H3,(H2,20,21)(H,22,27)(H,23,24,26).